The van der Waals surface area contributed by atoms with Crippen LogP contribution in [0.1, 0.15) is 46.5 Å². The summed E-state index contributed by atoms with van der Waals surface area (Å²) in [4.78, 5) is 13.8. The molecule has 6 heteroatoms. The number of hydrogen-bond acceptors (Lipinski definition) is 5. The molecule has 1 amide bonds. The molecular formula is C17H34N2O4. The maximum atomic E-state index is 12.0. The van der Waals surface area contributed by atoms with Gasteiger partial charge in [-0.15, -0.1) is 0 Å². The van der Waals surface area contributed by atoms with E-state index in [0.29, 0.717) is 19.3 Å². The summed E-state index contributed by atoms with van der Waals surface area (Å²) in [6, 6.07) is 0.503. The largest absolute Gasteiger partial charge is 0.444 e. The standard InChI is InChI=1S/C17H34N2O4/c1-17(2,3)23-16(20)19-10-7-15(8-11-19)18-9-5-6-12-22-14-13-21-4/h15,18H,5-14H2,1-4H3. The monoisotopic (exact) mass is 330 g/mol. The molecular weight excluding hydrogens is 296 g/mol. The summed E-state index contributed by atoms with van der Waals surface area (Å²) in [6.07, 6.45) is 3.96. The fraction of sp³-hybridized carbons (Fsp3) is 0.941. The van der Waals surface area contributed by atoms with Crippen molar-refractivity contribution in [2.75, 3.05) is 46.6 Å². The van der Waals surface area contributed by atoms with E-state index in [1.165, 1.54) is 0 Å². The van der Waals surface area contributed by atoms with E-state index < -0.39 is 5.60 Å². The van der Waals surface area contributed by atoms with E-state index in [1.54, 1.807) is 7.11 Å². The highest BCUT2D eigenvalue weighted by atomic mass is 16.6. The molecule has 1 heterocycles. The smallest absolute Gasteiger partial charge is 0.410 e. The second kappa shape index (κ2) is 10.8. The van der Waals surface area contributed by atoms with Crippen molar-refractivity contribution in [1.29, 1.82) is 0 Å². The van der Waals surface area contributed by atoms with Gasteiger partial charge in [-0.2, -0.15) is 0 Å². The molecule has 0 aliphatic carbocycles. The van der Waals surface area contributed by atoms with Crippen LogP contribution < -0.4 is 5.32 Å². The van der Waals surface area contributed by atoms with Gasteiger partial charge in [0.25, 0.3) is 0 Å². The number of nitrogens with zero attached hydrogens (tertiary/aromatic N) is 1. The topological polar surface area (TPSA) is 60.0 Å². The maximum absolute atomic E-state index is 12.0. The first-order valence-corrected chi connectivity index (χ1v) is 8.70. The van der Waals surface area contributed by atoms with Crippen molar-refractivity contribution in [3.63, 3.8) is 0 Å². The molecule has 0 bridgehead atoms. The highest BCUT2D eigenvalue weighted by Gasteiger charge is 2.26. The molecule has 1 N–H and O–H groups in total. The Kier molecular flexibility index (Phi) is 9.52. The Hall–Kier alpha value is -0.850. The third-order valence-electron chi connectivity index (χ3n) is 3.73. The Bertz CT molecular complexity index is 323. The Labute approximate surface area is 140 Å². The zero-order valence-corrected chi connectivity index (χ0v) is 15.2. The maximum Gasteiger partial charge on any atom is 0.410 e. The SMILES string of the molecule is COCCOCCCCNC1CCN(C(=O)OC(C)(C)C)CC1. The first kappa shape index (κ1) is 20.2. The average Bonchev–Trinajstić information content (AvgIpc) is 2.49. The molecule has 0 aromatic carbocycles. The number of methoxy groups -OCH3 is 1. The number of unbranched alkanes of at least 4 members (excludes halogenated alkanes) is 1. The molecule has 0 saturated carbocycles. The molecule has 1 rings (SSSR count). The Morgan fingerprint density at radius 2 is 1.83 bits per heavy atom. The van der Waals surface area contributed by atoms with E-state index in [1.807, 2.05) is 25.7 Å². The first-order valence-electron chi connectivity index (χ1n) is 8.70. The summed E-state index contributed by atoms with van der Waals surface area (Å²) in [5.41, 5.74) is -0.419. The summed E-state index contributed by atoms with van der Waals surface area (Å²) in [7, 11) is 1.68. The van der Waals surface area contributed by atoms with Crippen molar-refractivity contribution in [2.45, 2.75) is 58.1 Å². The van der Waals surface area contributed by atoms with Crippen molar-refractivity contribution in [2.24, 2.45) is 0 Å². The van der Waals surface area contributed by atoms with E-state index in [-0.39, 0.29) is 6.09 Å². The Morgan fingerprint density at radius 3 is 2.43 bits per heavy atom. The lowest BCUT2D eigenvalue weighted by molar-refractivity contribution is 0.0198. The van der Waals surface area contributed by atoms with Crippen molar-refractivity contribution in [1.82, 2.24) is 10.2 Å². The number of hydrogen-bond donors (Lipinski definition) is 1. The Morgan fingerprint density at radius 1 is 1.13 bits per heavy atom. The summed E-state index contributed by atoms with van der Waals surface area (Å²) in [5, 5.41) is 3.57. The van der Waals surface area contributed by atoms with Crippen LogP contribution in [0.15, 0.2) is 0 Å². The number of amides is 1. The van der Waals surface area contributed by atoms with Crippen LogP contribution in [0.2, 0.25) is 0 Å². The Balaban J connectivity index is 2.03. The molecule has 0 aromatic rings. The van der Waals surface area contributed by atoms with Gasteiger partial charge >= 0.3 is 6.09 Å². The minimum atomic E-state index is -0.419. The van der Waals surface area contributed by atoms with Gasteiger partial charge in [-0.3, -0.25) is 0 Å². The predicted molar refractivity (Wildman–Crippen MR) is 90.8 cm³/mol. The lowest BCUT2D eigenvalue weighted by atomic mass is 10.1. The van der Waals surface area contributed by atoms with E-state index in [4.69, 9.17) is 14.2 Å². The van der Waals surface area contributed by atoms with E-state index in [9.17, 15) is 4.79 Å². The second-order valence-electron chi connectivity index (χ2n) is 7.01. The van der Waals surface area contributed by atoms with Crippen LogP contribution in [-0.4, -0.2) is 69.2 Å². The quantitative estimate of drug-likeness (QED) is 0.658. The summed E-state index contributed by atoms with van der Waals surface area (Å²) >= 11 is 0. The van der Waals surface area contributed by atoms with Crippen LogP contribution in [0.5, 0.6) is 0 Å². The van der Waals surface area contributed by atoms with E-state index >= 15 is 0 Å². The summed E-state index contributed by atoms with van der Waals surface area (Å²) < 4.78 is 15.8. The van der Waals surface area contributed by atoms with Gasteiger partial charge in [-0.1, -0.05) is 0 Å². The molecule has 1 saturated heterocycles. The van der Waals surface area contributed by atoms with Crippen LogP contribution in [-0.2, 0) is 14.2 Å². The third-order valence-corrected chi connectivity index (χ3v) is 3.73. The molecule has 0 aromatic heterocycles. The number of ether oxygens (including phenoxy) is 3. The molecule has 23 heavy (non-hydrogen) atoms. The van der Waals surface area contributed by atoms with Crippen LogP contribution in [0, 0.1) is 0 Å². The number of rotatable bonds is 9. The number of piperidine rings is 1. The molecule has 1 aliphatic rings. The molecule has 1 aliphatic heterocycles. The van der Waals surface area contributed by atoms with Gasteiger partial charge in [0.05, 0.1) is 13.2 Å². The van der Waals surface area contributed by atoms with Crippen LogP contribution in [0.3, 0.4) is 0 Å². The predicted octanol–water partition coefficient (Wildman–Crippen LogP) is 2.42. The van der Waals surface area contributed by atoms with Gasteiger partial charge in [-0.05, 0) is 53.0 Å². The van der Waals surface area contributed by atoms with Crippen molar-refractivity contribution < 1.29 is 19.0 Å². The second-order valence-corrected chi connectivity index (χ2v) is 7.01. The number of nitrogens with one attached hydrogen (secondary N) is 1. The van der Waals surface area contributed by atoms with Gasteiger partial charge in [0, 0.05) is 32.8 Å². The molecule has 136 valence electrons. The molecule has 0 unspecified atom stereocenters. The lowest BCUT2D eigenvalue weighted by Gasteiger charge is -2.33. The zero-order chi connectivity index (χ0) is 17.1. The fourth-order valence-corrected chi connectivity index (χ4v) is 2.47. The molecule has 6 nitrogen and oxygen atoms in total. The highest BCUT2D eigenvalue weighted by Crippen LogP contribution is 2.15. The normalized spacial score (nSPS) is 16.6. The fourth-order valence-electron chi connectivity index (χ4n) is 2.47. The minimum Gasteiger partial charge on any atom is -0.444 e. The molecule has 0 spiro atoms. The number of likely N-dealkylation sites (tertiary alicyclic amines) is 1. The average molecular weight is 330 g/mol. The van der Waals surface area contributed by atoms with Crippen LogP contribution in [0.25, 0.3) is 0 Å². The lowest BCUT2D eigenvalue weighted by Crippen LogP contribution is -2.46. The number of carbonyl (C=O) groups is 1. The van der Waals surface area contributed by atoms with Crippen molar-refractivity contribution >= 4 is 6.09 Å². The minimum absolute atomic E-state index is 0.191. The zero-order valence-electron chi connectivity index (χ0n) is 15.2. The summed E-state index contributed by atoms with van der Waals surface area (Å²) in [5.74, 6) is 0. The summed E-state index contributed by atoms with van der Waals surface area (Å²) in [6.45, 7) is 10.4. The van der Waals surface area contributed by atoms with E-state index in [2.05, 4.69) is 5.32 Å². The van der Waals surface area contributed by atoms with Crippen molar-refractivity contribution in [3.05, 3.63) is 0 Å². The van der Waals surface area contributed by atoms with Gasteiger partial charge < -0.3 is 24.4 Å². The third kappa shape index (κ3) is 9.79. The van der Waals surface area contributed by atoms with Gasteiger partial charge in [0.1, 0.15) is 5.60 Å². The van der Waals surface area contributed by atoms with Gasteiger partial charge in [-0.25, -0.2) is 4.79 Å². The van der Waals surface area contributed by atoms with Gasteiger partial charge in [0.15, 0.2) is 0 Å². The van der Waals surface area contributed by atoms with Crippen LogP contribution >= 0.6 is 0 Å². The molecule has 1 fully saturated rings. The molecule has 0 atom stereocenters. The van der Waals surface area contributed by atoms with E-state index in [0.717, 1.165) is 51.9 Å². The van der Waals surface area contributed by atoms with Gasteiger partial charge in [0.2, 0.25) is 0 Å². The highest BCUT2D eigenvalue weighted by molar-refractivity contribution is 5.68. The molecule has 0 radical (unpaired) electrons. The first-order chi connectivity index (χ1) is 10.9. The number of carbonyl (C=O) groups excluding carboxylic acids is 1. The van der Waals surface area contributed by atoms with Crippen molar-refractivity contribution in [3.8, 4) is 0 Å². The van der Waals surface area contributed by atoms with Crippen LogP contribution in [0.4, 0.5) is 4.79 Å².